The van der Waals surface area contributed by atoms with Gasteiger partial charge in [-0.3, -0.25) is 0 Å². The summed E-state index contributed by atoms with van der Waals surface area (Å²) in [4.78, 5) is 0. The zero-order valence-corrected chi connectivity index (χ0v) is 11.9. The Balaban J connectivity index is 2.50. The molecule has 0 unspecified atom stereocenters. The largest absolute Gasteiger partial charge is 0.573 e. The van der Waals surface area contributed by atoms with E-state index in [4.69, 9.17) is 0 Å². The molecular weight excluding hydrogens is 267 g/mol. The van der Waals surface area contributed by atoms with Crippen LogP contribution < -0.4 is 10.1 Å². The van der Waals surface area contributed by atoms with Crippen LogP contribution in [0, 0.1) is 0 Å². The van der Waals surface area contributed by atoms with Crippen molar-refractivity contribution in [2.24, 2.45) is 0 Å². The van der Waals surface area contributed by atoms with E-state index in [-0.39, 0.29) is 11.3 Å². The molecule has 20 heavy (non-hydrogen) atoms. The van der Waals surface area contributed by atoms with Crippen molar-refractivity contribution in [2.75, 3.05) is 6.54 Å². The summed E-state index contributed by atoms with van der Waals surface area (Å²) in [6.45, 7) is 7.05. The minimum atomic E-state index is -4.65. The molecule has 0 aliphatic carbocycles. The SMILES string of the molecule is CC(C)(C)NCCC=Cc1cccc(OC(F)(F)F)c1. The summed E-state index contributed by atoms with van der Waals surface area (Å²) in [7, 11) is 0. The third-order valence-corrected chi connectivity index (χ3v) is 2.37. The Bertz CT molecular complexity index is 447. The lowest BCUT2D eigenvalue weighted by atomic mass is 10.1. The molecule has 1 N–H and O–H groups in total. The Morgan fingerprint density at radius 3 is 2.50 bits per heavy atom. The average Bonchev–Trinajstić information content (AvgIpc) is 2.25. The van der Waals surface area contributed by atoms with Gasteiger partial charge < -0.3 is 10.1 Å². The van der Waals surface area contributed by atoms with E-state index in [0.29, 0.717) is 5.56 Å². The molecule has 2 nitrogen and oxygen atoms in total. The molecule has 0 aliphatic heterocycles. The van der Waals surface area contributed by atoms with Gasteiger partial charge in [0.1, 0.15) is 5.75 Å². The zero-order chi connectivity index (χ0) is 15.2. The molecule has 0 aromatic heterocycles. The monoisotopic (exact) mass is 287 g/mol. The molecule has 0 atom stereocenters. The van der Waals surface area contributed by atoms with Gasteiger partial charge in [0, 0.05) is 5.54 Å². The van der Waals surface area contributed by atoms with Gasteiger partial charge in [0.15, 0.2) is 0 Å². The molecule has 112 valence electrons. The van der Waals surface area contributed by atoms with Gasteiger partial charge in [-0.15, -0.1) is 13.2 Å². The van der Waals surface area contributed by atoms with Crippen molar-refractivity contribution in [1.29, 1.82) is 0 Å². The van der Waals surface area contributed by atoms with Gasteiger partial charge in [0.2, 0.25) is 0 Å². The first-order chi connectivity index (χ1) is 9.16. The fourth-order valence-electron chi connectivity index (χ4n) is 1.57. The molecule has 1 aromatic carbocycles. The van der Waals surface area contributed by atoms with Crippen LogP contribution in [0.4, 0.5) is 13.2 Å². The van der Waals surface area contributed by atoms with Crippen molar-refractivity contribution in [3.63, 3.8) is 0 Å². The maximum atomic E-state index is 12.1. The summed E-state index contributed by atoms with van der Waals surface area (Å²) < 4.78 is 40.1. The molecule has 0 aliphatic rings. The molecule has 0 amide bonds. The maximum absolute atomic E-state index is 12.1. The molecule has 1 aromatic rings. The summed E-state index contributed by atoms with van der Waals surface area (Å²) in [6, 6.07) is 5.91. The van der Waals surface area contributed by atoms with Gasteiger partial charge in [-0.2, -0.15) is 0 Å². The highest BCUT2D eigenvalue weighted by Gasteiger charge is 2.30. The summed E-state index contributed by atoms with van der Waals surface area (Å²) in [6.07, 6.45) is -0.139. The predicted octanol–water partition coefficient (Wildman–Crippen LogP) is 4.38. The van der Waals surface area contributed by atoms with Crippen LogP contribution in [-0.2, 0) is 0 Å². The van der Waals surface area contributed by atoms with Crippen molar-refractivity contribution in [3.05, 3.63) is 35.9 Å². The minimum absolute atomic E-state index is 0.0638. The van der Waals surface area contributed by atoms with Crippen LogP contribution in [-0.4, -0.2) is 18.4 Å². The van der Waals surface area contributed by atoms with E-state index in [1.54, 1.807) is 12.1 Å². The highest BCUT2D eigenvalue weighted by Crippen LogP contribution is 2.23. The van der Waals surface area contributed by atoms with Crippen LogP contribution >= 0.6 is 0 Å². The Morgan fingerprint density at radius 2 is 1.90 bits per heavy atom. The van der Waals surface area contributed by atoms with E-state index in [1.165, 1.54) is 18.2 Å². The molecule has 5 heteroatoms. The topological polar surface area (TPSA) is 21.3 Å². The molecular formula is C15H20F3NO. The first-order valence-electron chi connectivity index (χ1n) is 6.43. The lowest BCUT2D eigenvalue weighted by Crippen LogP contribution is -2.36. The second-order valence-electron chi connectivity index (χ2n) is 5.49. The molecule has 0 fully saturated rings. The minimum Gasteiger partial charge on any atom is -0.406 e. The second kappa shape index (κ2) is 6.79. The van der Waals surface area contributed by atoms with E-state index >= 15 is 0 Å². The van der Waals surface area contributed by atoms with Crippen LogP contribution in [0.1, 0.15) is 32.8 Å². The number of rotatable bonds is 5. The fraction of sp³-hybridized carbons (Fsp3) is 0.467. The van der Waals surface area contributed by atoms with E-state index in [1.807, 2.05) is 6.08 Å². The predicted molar refractivity (Wildman–Crippen MR) is 74.5 cm³/mol. The van der Waals surface area contributed by atoms with E-state index < -0.39 is 6.36 Å². The summed E-state index contributed by atoms with van der Waals surface area (Å²) >= 11 is 0. The molecule has 1 rings (SSSR count). The Morgan fingerprint density at radius 1 is 1.20 bits per heavy atom. The Labute approximate surface area is 117 Å². The first-order valence-corrected chi connectivity index (χ1v) is 6.43. The molecule has 0 radical (unpaired) electrons. The quantitative estimate of drug-likeness (QED) is 0.812. The van der Waals surface area contributed by atoms with Crippen molar-refractivity contribution in [2.45, 2.75) is 39.1 Å². The average molecular weight is 287 g/mol. The van der Waals surface area contributed by atoms with Crippen molar-refractivity contribution in [1.82, 2.24) is 5.32 Å². The number of nitrogens with one attached hydrogen (secondary N) is 1. The number of benzene rings is 1. The lowest BCUT2D eigenvalue weighted by molar-refractivity contribution is -0.274. The Hall–Kier alpha value is -1.49. The fourth-order valence-corrected chi connectivity index (χ4v) is 1.57. The number of ether oxygens (including phenoxy) is 1. The van der Waals surface area contributed by atoms with Gasteiger partial charge >= 0.3 is 6.36 Å². The van der Waals surface area contributed by atoms with Crippen molar-refractivity contribution >= 4 is 6.08 Å². The van der Waals surface area contributed by atoms with E-state index in [9.17, 15) is 13.2 Å². The van der Waals surface area contributed by atoms with Gasteiger partial charge in [-0.25, -0.2) is 0 Å². The Kier molecular flexibility index (Phi) is 5.62. The molecule has 0 heterocycles. The van der Waals surface area contributed by atoms with Gasteiger partial charge in [-0.1, -0.05) is 24.3 Å². The molecule has 0 bridgehead atoms. The van der Waals surface area contributed by atoms with Crippen LogP contribution in [0.15, 0.2) is 30.3 Å². The highest BCUT2D eigenvalue weighted by molar-refractivity contribution is 5.51. The van der Waals surface area contributed by atoms with Gasteiger partial charge in [0.25, 0.3) is 0 Å². The number of hydrogen-bond donors (Lipinski definition) is 1. The maximum Gasteiger partial charge on any atom is 0.573 e. The van der Waals surface area contributed by atoms with Crippen LogP contribution in [0.25, 0.3) is 6.08 Å². The normalized spacial score (nSPS) is 12.9. The molecule has 0 saturated heterocycles. The third kappa shape index (κ3) is 7.84. The van der Waals surface area contributed by atoms with Crippen LogP contribution in [0.3, 0.4) is 0 Å². The van der Waals surface area contributed by atoms with E-state index in [2.05, 4.69) is 30.8 Å². The van der Waals surface area contributed by atoms with Gasteiger partial charge in [-0.05, 0) is 51.4 Å². The third-order valence-electron chi connectivity index (χ3n) is 2.37. The van der Waals surface area contributed by atoms with Crippen LogP contribution in [0.2, 0.25) is 0 Å². The molecule has 0 spiro atoms. The number of hydrogen-bond acceptors (Lipinski definition) is 2. The van der Waals surface area contributed by atoms with Crippen LogP contribution in [0.5, 0.6) is 5.75 Å². The number of alkyl halides is 3. The number of halogens is 3. The second-order valence-corrected chi connectivity index (χ2v) is 5.49. The van der Waals surface area contributed by atoms with E-state index in [0.717, 1.165) is 13.0 Å². The zero-order valence-electron chi connectivity index (χ0n) is 11.9. The lowest BCUT2D eigenvalue weighted by Gasteiger charge is -2.19. The first kappa shape index (κ1) is 16.6. The van der Waals surface area contributed by atoms with Crippen molar-refractivity contribution < 1.29 is 17.9 Å². The summed E-state index contributed by atoms with van der Waals surface area (Å²) in [5.74, 6) is -0.201. The summed E-state index contributed by atoms with van der Waals surface area (Å²) in [5, 5.41) is 3.33. The smallest absolute Gasteiger partial charge is 0.406 e. The molecule has 0 saturated carbocycles. The standard InChI is InChI=1S/C15H20F3NO/c1-14(2,3)19-10-5-4-7-12-8-6-9-13(11-12)20-15(16,17)18/h4,6-9,11,19H,5,10H2,1-3H3. The highest BCUT2D eigenvalue weighted by atomic mass is 19.4. The summed E-state index contributed by atoms with van der Waals surface area (Å²) in [5.41, 5.74) is 0.747. The van der Waals surface area contributed by atoms with Crippen molar-refractivity contribution in [3.8, 4) is 5.75 Å². The van der Waals surface area contributed by atoms with Gasteiger partial charge in [0.05, 0.1) is 0 Å².